The van der Waals surface area contributed by atoms with Crippen LogP contribution < -0.4 is 4.74 Å². The van der Waals surface area contributed by atoms with Gasteiger partial charge in [0.1, 0.15) is 10.8 Å². The summed E-state index contributed by atoms with van der Waals surface area (Å²) < 4.78 is 9.94. The molecule has 0 amide bonds. The minimum Gasteiger partial charge on any atom is -0.480 e. The van der Waals surface area contributed by atoms with Crippen molar-refractivity contribution in [2.75, 3.05) is 13.7 Å². The van der Waals surface area contributed by atoms with Crippen molar-refractivity contribution in [2.24, 2.45) is 11.3 Å². The monoisotopic (exact) mass is 386 g/mol. The third-order valence-electron chi connectivity index (χ3n) is 5.44. The predicted molar refractivity (Wildman–Crippen MR) is 93.5 cm³/mol. The van der Waals surface area contributed by atoms with Crippen LogP contribution in [-0.2, 0) is 16.0 Å². The molecule has 7 heteroatoms. The lowest BCUT2D eigenvalue weighted by Crippen LogP contribution is -2.32. The highest BCUT2D eigenvalue weighted by molar-refractivity contribution is 6.45. The lowest BCUT2D eigenvalue weighted by atomic mass is 9.73. The van der Waals surface area contributed by atoms with Crippen LogP contribution in [0.5, 0.6) is 5.75 Å². The lowest BCUT2D eigenvalue weighted by Gasteiger charge is -2.29. The molecule has 5 nitrogen and oxygen atoms in total. The Labute approximate surface area is 156 Å². The van der Waals surface area contributed by atoms with Gasteiger partial charge in [-0.3, -0.25) is 4.79 Å². The first-order chi connectivity index (χ1) is 11.8. The van der Waals surface area contributed by atoms with E-state index < -0.39 is 11.4 Å². The van der Waals surface area contributed by atoms with Gasteiger partial charge in [0, 0.05) is 11.0 Å². The number of aliphatic hydroxyl groups is 1. The van der Waals surface area contributed by atoms with E-state index >= 15 is 0 Å². The van der Waals surface area contributed by atoms with Gasteiger partial charge in [-0.25, -0.2) is 4.79 Å². The average molecular weight is 387 g/mol. The van der Waals surface area contributed by atoms with E-state index in [0.717, 1.165) is 12.0 Å². The van der Waals surface area contributed by atoms with E-state index in [2.05, 4.69) is 4.74 Å². The molecule has 0 aliphatic heterocycles. The van der Waals surface area contributed by atoms with Crippen LogP contribution in [0.15, 0.2) is 6.07 Å². The predicted octanol–water partition coefficient (Wildman–Crippen LogP) is 3.45. The number of halogens is 2. The van der Waals surface area contributed by atoms with E-state index in [1.165, 1.54) is 7.11 Å². The minimum absolute atomic E-state index is 0.0342. The standard InChI is InChI=1S/C18H20Cl2O5/c1-18(10-3-4-11(21)6-10)7-9-5-12(25-8-13(22)24-2)15(19)16(20)14(9)17(18)23/h5,10-11,21H,3-4,6-8H2,1-2H3/t10-,11-,18+/m0/s1. The van der Waals surface area contributed by atoms with Gasteiger partial charge in [0.2, 0.25) is 0 Å². The number of hydrogen-bond donors (Lipinski definition) is 1. The summed E-state index contributed by atoms with van der Waals surface area (Å²) in [6.07, 6.45) is 2.31. The van der Waals surface area contributed by atoms with E-state index in [9.17, 15) is 14.7 Å². The van der Waals surface area contributed by atoms with Gasteiger partial charge in [-0.2, -0.15) is 0 Å². The summed E-state index contributed by atoms with van der Waals surface area (Å²) in [5.74, 6) is -0.197. The molecule has 136 valence electrons. The molecule has 0 heterocycles. The Bertz CT molecular complexity index is 733. The molecule has 0 radical (unpaired) electrons. The number of Topliss-reactive ketones (excluding diaryl/α,β-unsaturated/α-hetero) is 1. The Hall–Kier alpha value is -1.30. The van der Waals surface area contributed by atoms with Gasteiger partial charge in [0.05, 0.1) is 18.2 Å². The second-order valence-corrected chi connectivity index (χ2v) is 7.74. The van der Waals surface area contributed by atoms with Crippen molar-refractivity contribution in [3.8, 4) is 5.75 Å². The van der Waals surface area contributed by atoms with Gasteiger partial charge >= 0.3 is 5.97 Å². The second-order valence-electron chi connectivity index (χ2n) is 6.99. The summed E-state index contributed by atoms with van der Waals surface area (Å²) in [7, 11) is 1.27. The number of rotatable bonds is 4. The fourth-order valence-corrected chi connectivity index (χ4v) is 4.47. The number of ketones is 1. The minimum atomic E-state index is -0.603. The zero-order valence-electron chi connectivity index (χ0n) is 14.1. The molecule has 0 saturated heterocycles. The fraction of sp³-hybridized carbons (Fsp3) is 0.556. The number of hydrogen-bond acceptors (Lipinski definition) is 5. The molecule has 0 aromatic heterocycles. The number of esters is 1. The molecule has 1 saturated carbocycles. The summed E-state index contributed by atoms with van der Waals surface area (Å²) in [5, 5.41) is 10.1. The maximum Gasteiger partial charge on any atom is 0.343 e. The van der Waals surface area contributed by atoms with Crippen LogP contribution in [0, 0.1) is 11.3 Å². The third-order valence-corrected chi connectivity index (χ3v) is 6.29. The number of benzene rings is 1. The van der Waals surface area contributed by atoms with Crippen molar-refractivity contribution in [3.05, 3.63) is 27.2 Å². The van der Waals surface area contributed by atoms with E-state index in [1.807, 2.05) is 6.92 Å². The zero-order chi connectivity index (χ0) is 18.4. The van der Waals surface area contributed by atoms with Crippen molar-refractivity contribution in [2.45, 2.75) is 38.7 Å². The third kappa shape index (κ3) is 3.14. The molecule has 2 aliphatic rings. The van der Waals surface area contributed by atoms with Crippen molar-refractivity contribution >= 4 is 35.0 Å². The molecule has 1 aromatic rings. The first kappa shape index (κ1) is 18.5. The Kier molecular flexibility index (Phi) is 5.02. The molecule has 3 atom stereocenters. The Morgan fingerprint density at radius 3 is 2.68 bits per heavy atom. The number of carbonyl (C=O) groups excluding carboxylic acids is 2. The highest BCUT2D eigenvalue weighted by Gasteiger charge is 2.50. The van der Waals surface area contributed by atoms with Crippen LogP contribution in [0.4, 0.5) is 0 Å². The summed E-state index contributed by atoms with van der Waals surface area (Å²) in [5.41, 5.74) is 0.595. The Morgan fingerprint density at radius 1 is 1.36 bits per heavy atom. The van der Waals surface area contributed by atoms with Gasteiger partial charge in [-0.05, 0) is 43.2 Å². The van der Waals surface area contributed by atoms with Crippen LogP contribution in [-0.4, -0.2) is 36.7 Å². The van der Waals surface area contributed by atoms with Crippen molar-refractivity contribution in [1.29, 1.82) is 0 Å². The summed E-state index contributed by atoms with van der Waals surface area (Å²) in [4.78, 5) is 24.3. The Balaban J connectivity index is 1.92. The first-order valence-electron chi connectivity index (χ1n) is 8.21. The molecule has 0 spiro atoms. The van der Waals surface area contributed by atoms with Gasteiger partial charge in [0.25, 0.3) is 0 Å². The van der Waals surface area contributed by atoms with Gasteiger partial charge < -0.3 is 14.6 Å². The van der Waals surface area contributed by atoms with Gasteiger partial charge in [-0.1, -0.05) is 30.1 Å². The van der Waals surface area contributed by atoms with E-state index in [-0.39, 0.29) is 40.2 Å². The first-order valence-corrected chi connectivity index (χ1v) is 8.97. The average Bonchev–Trinajstić information content (AvgIpc) is 3.12. The largest absolute Gasteiger partial charge is 0.480 e. The normalized spacial score (nSPS) is 28.1. The van der Waals surface area contributed by atoms with Crippen LogP contribution in [0.25, 0.3) is 0 Å². The maximum atomic E-state index is 13.1. The molecular formula is C18H20Cl2O5. The van der Waals surface area contributed by atoms with Crippen LogP contribution in [0.1, 0.15) is 42.1 Å². The number of methoxy groups -OCH3 is 1. The lowest BCUT2D eigenvalue weighted by molar-refractivity contribution is -0.142. The molecular weight excluding hydrogens is 367 g/mol. The summed E-state index contributed by atoms with van der Waals surface area (Å²) >= 11 is 12.6. The molecule has 3 rings (SSSR count). The molecule has 1 aromatic carbocycles. The van der Waals surface area contributed by atoms with Crippen molar-refractivity contribution in [3.63, 3.8) is 0 Å². The van der Waals surface area contributed by atoms with Gasteiger partial charge in [-0.15, -0.1) is 0 Å². The summed E-state index contributed by atoms with van der Waals surface area (Å²) in [6.45, 7) is 1.64. The highest BCUT2D eigenvalue weighted by Crippen LogP contribution is 2.52. The van der Waals surface area contributed by atoms with Crippen molar-refractivity contribution in [1.82, 2.24) is 0 Å². The van der Waals surface area contributed by atoms with Crippen molar-refractivity contribution < 1.29 is 24.2 Å². The molecule has 1 N–H and O–H groups in total. The highest BCUT2D eigenvalue weighted by atomic mass is 35.5. The molecule has 0 bridgehead atoms. The summed E-state index contributed by atoms with van der Waals surface area (Å²) in [6, 6.07) is 1.68. The quantitative estimate of drug-likeness (QED) is 0.802. The smallest absolute Gasteiger partial charge is 0.343 e. The Morgan fingerprint density at radius 2 is 2.08 bits per heavy atom. The van der Waals surface area contributed by atoms with Gasteiger partial charge in [0.15, 0.2) is 12.4 Å². The van der Waals surface area contributed by atoms with Crippen LogP contribution in [0.3, 0.4) is 0 Å². The van der Waals surface area contributed by atoms with Crippen LogP contribution >= 0.6 is 23.2 Å². The van der Waals surface area contributed by atoms with Crippen LogP contribution in [0.2, 0.25) is 10.0 Å². The fourth-order valence-electron chi connectivity index (χ4n) is 3.97. The molecule has 0 unspecified atom stereocenters. The number of carbonyl (C=O) groups is 2. The topological polar surface area (TPSA) is 72.8 Å². The number of ether oxygens (including phenoxy) is 2. The molecule has 25 heavy (non-hydrogen) atoms. The molecule has 1 fully saturated rings. The molecule has 2 aliphatic carbocycles. The van der Waals surface area contributed by atoms with E-state index in [0.29, 0.717) is 24.8 Å². The maximum absolute atomic E-state index is 13.1. The zero-order valence-corrected chi connectivity index (χ0v) is 15.6. The SMILES string of the molecule is COC(=O)COc1cc2c(c(Cl)c1Cl)C(=O)[C@@](C)([C@H]1CC[C@H](O)C1)C2. The van der Waals surface area contributed by atoms with E-state index in [1.54, 1.807) is 6.07 Å². The van der Waals surface area contributed by atoms with E-state index in [4.69, 9.17) is 27.9 Å². The number of fused-ring (bicyclic) bond motifs is 1. The second kappa shape index (κ2) is 6.78. The number of aliphatic hydroxyl groups excluding tert-OH is 1.